The van der Waals surface area contributed by atoms with Crippen LogP contribution in [-0.4, -0.2) is 79.3 Å². The maximum Gasteiger partial charge on any atom is 0.573 e. The molecule has 0 radical (unpaired) electrons. The Morgan fingerprint density at radius 3 is 2.35 bits per heavy atom. The van der Waals surface area contributed by atoms with Crippen LogP contribution in [0.2, 0.25) is 5.02 Å². The van der Waals surface area contributed by atoms with Crippen LogP contribution in [0.3, 0.4) is 0 Å². The molecular weight excluding hydrogens is 515 g/mol. The highest BCUT2D eigenvalue weighted by atomic mass is 35.5. The van der Waals surface area contributed by atoms with Gasteiger partial charge in [-0.3, -0.25) is 4.90 Å². The lowest BCUT2D eigenvalue weighted by Gasteiger charge is -2.42. The zero-order valence-electron chi connectivity index (χ0n) is 19.9. The van der Waals surface area contributed by atoms with Gasteiger partial charge in [0.15, 0.2) is 0 Å². The van der Waals surface area contributed by atoms with Crippen LogP contribution in [0.15, 0.2) is 48.5 Å². The first-order valence-electron chi connectivity index (χ1n) is 11.8. The van der Waals surface area contributed by atoms with Gasteiger partial charge in [-0.1, -0.05) is 35.9 Å². The maximum atomic E-state index is 13.3. The van der Waals surface area contributed by atoms with Gasteiger partial charge in [-0.2, -0.15) is 0 Å². The zero-order chi connectivity index (χ0) is 26.6. The Hall–Kier alpha value is -3.18. The van der Waals surface area contributed by atoms with E-state index in [9.17, 15) is 27.9 Å². The number of carbonyl (C=O) groups excluding carboxylic acids is 1. The summed E-state index contributed by atoms with van der Waals surface area (Å²) in [4.78, 5) is 30.0. The third kappa shape index (κ3) is 6.98. The number of piperidine rings is 1. The first kappa shape index (κ1) is 26.9. The fraction of sp³-hybridized carbons (Fsp3) is 0.440. The standard InChI is InChI=1S/C25H27ClF3N3O5/c26-21-3-1-2-4-22(21)32(24(34)35)15-17-13-19(18-5-7-20(8-6-18)37-25(27,28)29)16-31(14-17)23(33)30-9-11-36-12-10-30/h1-8,17,19H,9-16H2,(H,34,35). The molecule has 2 atom stereocenters. The summed E-state index contributed by atoms with van der Waals surface area (Å²) in [7, 11) is 0. The number of alkyl halides is 3. The van der Waals surface area contributed by atoms with Gasteiger partial charge in [-0.05, 0) is 42.2 Å². The van der Waals surface area contributed by atoms with Crippen molar-refractivity contribution in [2.24, 2.45) is 5.92 Å². The van der Waals surface area contributed by atoms with Crippen LogP contribution < -0.4 is 9.64 Å². The topological polar surface area (TPSA) is 82.6 Å². The van der Waals surface area contributed by atoms with Crippen molar-refractivity contribution in [1.82, 2.24) is 9.80 Å². The number of benzene rings is 2. The van der Waals surface area contributed by atoms with Crippen LogP contribution in [0, 0.1) is 5.92 Å². The number of hydrogen-bond donors (Lipinski definition) is 1. The number of nitrogens with zero attached hydrogens (tertiary/aromatic N) is 3. The summed E-state index contributed by atoms with van der Waals surface area (Å²) in [5.41, 5.74) is 1.08. The van der Waals surface area contributed by atoms with Crippen LogP contribution in [0.5, 0.6) is 5.75 Å². The molecule has 4 rings (SSSR count). The van der Waals surface area contributed by atoms with Gasteiger partial charge in [-0.25, -0.2) is 9.59 Å². The number of rotatable bonds is 5. The van der Waals surface area contributed by atoms with E-state index in [1.54, 1.807) is 46.2 Å². The Morgan fingerprint density at radius 1 is 1.05 bits per heavy atom. The number of hydrogen-bond acceptors (Lipinski definition) is 4. The molecule has 2 heterocycles. The molecule has 0 aliphatic carbocycles. The summed E-state index contributed by atoms with van der Waals surface area (Å²) < 4.78 is 47.1. The minimum atomic E-state index is -4.79. The number of ether oxygens (including phenoxy) is 2. The highest BCUT2D eigenvalue weighted by Gasteiger charge is 2.36. The van der Waals surface area contributed by atoms with Crippen molar-refractivity contribution in [3.8, 4) is 5.75 Å². The van der Waals surface area contributed by atoms with E-state index in [1.807, 2.05) is 0 Å². The van der Waals surface area contributed by atoms with E-state index in [4.69, 9.17) is 16.3 Å². The van der Waals surface area contributed by atoms with Crippen LogP contribution >= 0.6 is 11.6 Å². The molecule has 200 valence electrons. The predicted molar refractivity (Wildman–Crippen MR) is 130 cm³/mol. The van der Waals surface area contributed by atoms with E-state index in [0.717, 1.165) is 5.56 Å². The van der Waals surface area contributed by atoms with Gasteiger partial charge in [0.1, 0.15) is 5.75 Å². The molecule has 2 aliphatic rings. The summed E-state index contributed by atoms with van der Waals surface area (Å²) in [6.07, 6.45) is -5.44. The lowest BCUT2D eigenvalue weighted by atomic mass is 9.84. The van der Waals surface area contributed by atoms with Gasteiger partial charge in [0.2, 0.25) is 0 Å². The molecule has 2 aromatic carbocycles. The van der Waals surface area contributed by atoms with E-state index in [1.165, 1.54) is 17.0 Å². The number of amides is 3. The second kappa shape index (κ2) is 11.5. The summed E-state index contributed by atoms with van der Waals surface area (Å²) >= 11 is 6.27. The van der Waals surface area contributed by atoms with Crippen LogP contribution in [0.4, 0.5) is 28.4 Å². The van der Waals surface area contributed by atoms with Crippen LogP contribution in [0.1, 0.15) is 17.9 Å². The average Bonchev–Trinajstić information content (AvgIpc) is 2.87. The molecular formula is C25H27ClF3N3O5. The van der Waals surface area contributed by atoms with Crippen molar-refractivity contribution < 1.29 is 37.3 Å². The molecule has 2 fully saturated rings. The number of halogens is 4. The number of para-hydroxylation sites is 1. The molecule has 37 heavy (non-hydrogen) atoms. The van der Waals surface area contributed by atoms with Crippen molar-refractivity contribution in [1.29, 1.82) is 0 Å². The first-order chi connectivity index (χ1) is 17.6. The van der Waals surface area contributed by atoms with Crippen molar-refractivity contribution in [3.05, 3.63) is 59.1 Å². The number of urea groups is 1. The molecule has 0 spiro atoms. The smallest absolute Gasteiger partial charge is 0.465 e. The molecule has 3 amide bonds. The van der Waals surface area contributed by atoms with Gasteiger partial charge >= 0.3 is 18.5 Å². The van der Waals surface area contributed by atoms with Gasteiger partial charge in [0, 0.05) is 38.6 Å². The monoisotopic (exact) mass is 541 g/mol. The number of morpholine rings is 1. The Labute approximate surface area is 217 Å². The van der Waals surface area contributed by atoms with Crippen molar-refractivity contribution >= 4 is 29.4 Å². The SMILES string of the molecule is O=C(N1CCOCC1)N1CC(CN(C(=O)O)c2ccccc2Cl)CC(c2ccc(OC(F)(F)F)cc2)C1. The molecule has 0 aromatic heterocycles. The number of carbonyl (C=O) groups is 2. The van der Waals surface area contributed by atoms with E-state index in [0.29, 0.717) is 56.5 Å². The second-order valence-electron chi connectivity index (χ2n) is 9.05. The quantitative estimate of drug-likeness (QED) is 0.557. The highest BCUT2D eigenvalue weighted by molar-refractivity contribution is 6.33. The Kier molecular flexibility index (Phi) is 8.33. The molecule has 2 aromatic rings. The highest BCUT2D eigenvalue weighted by Crippen LogP contribution is 2.35. The summed E-state index contributed by atoms with van der Waals surface area (Å²) in [6, 6.07) is 12.0. The largest absolute Gasteiger partial charge is 0.573 e. The molecule has 0 bridgehead atoms. The van der Waals surface area contributed by atoms with Crippen molar-refractivity contribution in [2.45, 2.75) is 18.7 Å². The third-order valence-corrected chi connectivity index (χ3v) is 6.81. The van der Waals surface area contributed by atoms with E-state index < -0.39 is 12.5 Å². The zero-order valence-corrected chi connectivity index (χ0v) is 20.6. The van der Waals surface area contributed by atoms with Gasteiger partial charge in [0.05, 0.1) is 23.9 Å². The number of likely N-dealkylation sites (tertiary alicyclic amines) is 1. The second-order valence-corrected chi connectivity index (χ2v) is 9.45. The normalized spacial score (nSPS) is 20.4. The fourth-order valence-electron chi connectivity index (χ4n) is 4.84. The molecule has 1 N–H and O–H groups in total. The van der Waals surface area contributed by atoms with Crippen molar-refractivity contribution in [2.75, 3.05) is 50.8 Å². The minimum absolute atomic E-state index is 0.0950. The molecule has 0 saturated carbocycles. The first-order valence-corrected chi connectivity index (χ1v) is 12.2. The van der Waals surface area contributed by atoms with E-state index in [2.05, 4.69) is 4.74 Å². The molecule has 2 unspecified atom stereocenters. The predicted octanol–water partition coefficient (Wildman–Crippen LogP) is 5.28. The lowest BCUT2D eigenvalue weighted by Crippen LogP contribution is -2.53. The third-order valence-electron chi connectivity index (χ3n) is 6.49. The summed E-state index contributed by atoms with van der Waals surface area (Å²) in [6.45, 7) is 2.56. The Morgan fingerprint density at radius 2 is 1.73 bits per heavy atom. The Balaban J connectivity index is 1.57. The molecule has 2 aliphatic heterocycles. The fourth-order valence-corrected chi connectivity index (χ4v) is 5.08. The van der Waals surface area contributed by atoms with Crippen molar-refractivity contribution in [3.63, 3.8) is 0 Å². The lowest BCUT2D eigenvalue weighted by molar-refractivity contribution is -0.274. The Bertz CT molecular complexity index is 1100. The number of carboxylic acid groups (broad SMARTS) is 1. The molecule has 2 saturated heterocycles. The van der Waals surface area contributed by atoms with Gasteiger partial charge < -0.3 is 24.4 Å². The average molecular weight is 542 g/mol. The van der Waals surface area contributed by atoms with E-state index in [-0.39, 0.29) is 30.2 Å². The minimum Gasteiger partial charge on any atom is -0.465 e. The van der Waals surface area contributed by atoms with Crippen LogP contribution in [-0.2, 0) is 4.74 Å². The summed E-state index contributed by atoms with van der Waals surface area (Å²) in [5, 5.41) is 10.2. The summed E-state index contributed by atoms with van der Waals surface area (Å²) in [5.74, 6) is -0.798. The van der Waals surface area contributed by atoms with Crippen LogP contribution in [0.25, 0.3) is 0 Å². The van der Waals surface area contributed by atoms with E-state index >= 15 is 0 Å². The molecule has 12 heteroatoms. The number of anilines is 1. The maximum absolute atomic E-state index is 13.3. The van der Waals surface area contributed by atoms with Gasteiger partial charge in [-0.15, -0.1) is 13.2 Å². The van der Waals surface area contributed by atoms with Gasteiger partial charge in [0.25, 0.3) is 0 Å². The molecule has 8 nitrogen and oxygen atoms in total.